The van der Waals surface area contributed by atoms with Crippen LogP contribution in [0.3, 0.4) is 0 Å². The van der Waals surface area contributed by atoms with Crippen molar-refractivity contribution in [1.82, 2.24) is 0 Å². The molecular formula is C19H20N2O2. The third kappa shape index (κ3) is 5.76. The van der Waals surface area contributed by atoms with Crippen molar-refractivity contribution >= 4 is 17.5 Å². The van der Waals surface area contributed by atoms with Crippen LogP contribution in [0.25, 0.3) is 0 Å². The lowest BCUT2D eigenvalue weighted by Gasteiger charge is -2.19. The normalized spacial score (nSPS) is 10.4. The number of carbonyl (C=O) groups excluding carboxylic acids is 1. The fourth-order valence-corrected chi connectivity index (χ4v) is 1.86. The molecule has 1 amide bonds. The summed E-state index contributed by atoms with van der Waals surface area (Å²) in [6.45, 7) is 5.46. The first-order valence-electron chi connectivity index (χ1n) is 7.29. The molecule has 0 saturated carbocycles. The summed E-state index contributed by atoms with van der Waals surface area (Å²) in [7, 11) is 0. The van der Waals surface area contributed by atoms with Gasteiger partial charge in [-0.15, -0.1) is 0 Å². The van der Waals surface area contributed by atoms with E-state index in [2.05, 4.69) is 17.2 Å². The van der Waals surface area contributed by atoms with E-state index in [0.717, 1.165) is 11.1 Å². The maximum atomic E-state index is 11.8. The zero-order valence-corrected chi connectivity index (χ0v) is 13.5. The quantitative estimate of drug-likeness (QED) is 0.618. The molecular weight excluding hydrogens is 288 g/mol. The fraction of sp³-hybridized carbons (Fsp3) is 0.211. The summed E-state index contributed by atoms with van der Waals surface area (Å²) in [5.74, 6) is 6.10. The number of carbonyl (C=O) groups is 1. The molecule has 0 radical (unpaired) electrons. The van der Waals surface area contributed by atoms with Crippen molar-refractivity contribution < 1.29 is 9.53 Å². The minimum Gasteiger partial charge on any atom is -0.444 e. The van der Waals surface area contributed by atoms with Gasteiger partial charge >= 0.3 is 6.09 Å². The SMILES string of the molecule is CC(C)(C)OC(=O)Nc1cccc(C#Cc2cccc(N)c2)c1. The number of hydrogen-bond acceptors (Lipinski definition) is 3. The Morgan fingerprint density at radius 3 is 2.26 bits per heavy atom. The van der Waals surface area contributed by atoms with Gasteiger partial charge in [0.05, 0.1) is 0 Å². The van der Waals surface area contributed by atoms with Gasteiger partial charge in [0, 0.05) is 22.5 Å². The van der Waals surface area contributed by atoms with E-state index in [1.807, 2.05) is 57.2 Å². The van der Waals surface area contributed by atoms with Crippen molar-refractivity contribution in [1.29, 1.82) is 0 Å². The van der Waals surface area contributed by atoms with Gasteiger partial charge in [-0.1, -0.05) is 24.0 Å². The largest absolute Gasteiger partial charge is 0.444 e. The third-order valence-electron chi connectivity index (χ3n) is 2.75. The van der Waals surface area contributed by atoms with Gasteiger partial charge in [-0.2, -0.15) is 0 Å². The van der Waals surface area contributed by atoms with Crippen LogP contribution in [0.1, 0.15) is 31.9 Å². The van der Waals surface area contributed by atoms with Gasteiger partial charge in [0.2, 0.25) is 0 Å². The van der Waals surface area contributed by atoms with Gasteiger partial charge in [0.1, 0.15) is 5.60 Å². The van der Waals surface area contributed by atoms with Gasteiger partial charge in [-0.25, -0.2) is 4.79 Å². The molecule has 0 aliphatic rings. The summed E-state index contributed by atoms with van der Waals surface area (Å²) in [4.78, 5) is 11.8. The van der Waals surface area contributed by atoms with Crippen molar-refractivity contribution in [2.75, 3.05) is 11.1 Å². The number of rotatable bonds is 1. The van der Waals surface area contributed by atoms with Gasteiger partial charge in [0.25, 0.3) is 0 Å². The van der Waals surface area contributed by atoms with Gasteiger partial charge < -0.3 is 10.5 Å². The average molecular weight is 308 g/mol. The number of nitrogens with one attached hydrogen (secondary N) is 1. The second kappa shape index (κ2) is 6.89. The molecule has 4 heteroatoms. The molecule has 0 bridgehead atoms. The van der Waals surface area contributed by atoms with E-state index >= 15 is 0 Å². The van der Waals surface area contributed by atoms with E-state index in [4.69, 9.17) is 10.5 Å². The first kappa shape index (κ1) is 16.4. The van der Waals surface area contributed by atoms with E-state index in [1.165, 1.54) is 0 Å². The summed E-state index contributed by atoms with van der Waals surface area (Å²) in [6.07, 6.45) is -0.488. The van der Waals surface area contributed by atoms with Crippen molar-refractivity contribution in [3.8, 4) is 11.8 Å². The van der Waals surface area contributed by atoms with Gasteiger partial charge in [-0.3, -0.25) is 5.32 Å². The summed E-state index contributed by atoms with van der Waals surface area (Å²) in [5, 5.41) is 2.70. The lowest BCUT2D eigenvalue weighted by molar-refractivity contribution is 0.0636. The van der Waals surface area contributed by atoms with Crippen LogP contribution in [0.4, 0.5) is 16.2 Å². The minimum atomic E-state index is -0.533. The molecule has 0 unspecified atom stereocenters. The first-order chi connectivity index (χ1) is 10.8. The maximum Gasteiger partial charge on any atom is 0.412 e. The van der Waals surface area contributed by atoms with Crippen LogP contribution in [0.5, 0.6) is 0 Å². The smallest absolute Gasteiger partial charge is 0.412 e. The number of amides is 1. The van der Waals surface area contributed by atoms with Gasteiger partial charge in [0.15, 0.2) is 0 Å². The van der Waals surface area contributed by atoms with Crippen LogP contribution in [0.15, 0.2) is 48.5 Å². The van der Waals surface area contributed by atoms with Crippen LogP contribution >= 0.6 is 0 Å². The first-order valence-corrected chi connectivity index (χ1v) is 7.29. The highest BCUT2D eigenvalue weighted by molar-refractivity contribution is 5.85. The summed E-state index contributed by atoms with van der Waals surface area (Å²) >= 11 is 0. The number of anilines is 2. The fourth-order valence-electron chi connectivity index (χ4n) is 1.86. The molecule has 0 aromatic heterocycles. The molecule has 2 aromatic rings. The Hall–Kier alpha value is -2.93. The molecule has 0 saturated heterocycles. The van der Waals surface area contributed by atoms with E-state index < -0.39 is 11.7 Å². The summed E-state index contributed by atoms with van der Waals surface area (Å²) in [6, 6.07) is 14.7. The molecule has 0 heterocycles. The molecule has 0 aliphatic carbocycles. The number of nitrogen functional groups attached to an aromatic ring is 1. The highest BCUT2D eigenvalue weighted by Crippen LogP contribution is 2.13. The molecule has 3 N–H and O–H groups in total. The Morgan fingerprint density at radius 1 is 1.04 bits per heavy atom. The lowest BCUT2D eigenvalue weighted by Crippen LogP contribution is -2.27. The Kier molecular flexibility index (Phi) is 4.92. The monoisotopic (exact) mass is 308 g/mol. The Labute approximate surface area is 136 Å². The second-order valence-electron chi connectivity index (χ2n) is 6.08. The molecule has 23 heavy (non-hydrogen) atoms. The Bertz CT molecular complexity index is 765. The summed E-state index contributed by atoms with van der Waals surface area (Å²) < 4.78 is 5.22. The number of nitrogens with two attached hydrogens (primary N) is 1. The predicted octanol–water partition coefficient (Wildman–Crippen LogP) is 4.02. The molecule has 0 fully saturated rings. The highest BCUT2D eigenvalue weighted by atomic mass is 16.6. The summed E-state index contributed by atoms with van der Waals surface area (Å²) in [5.41, 5.74) is 8.15. The lowest BCUT2D eigenvalue weighted by atomic mass is 10.1. The second-order valence-corrected chi connectivity index (χ2v) is 6.08. The van der Waals surface area contributed by atoms with Crippen molar-refractivity contribution in [3.63, 3.8) is 0 Å². The number of ether oxygens (including phenoxy) is 1. The number of benzene rings is 2. The van der Waals surface area contributed by atoms with Crippen LogP contribution in [-0.4, -0.2) is 11.7 Å². The van der Waals surface area contributed by atoms with Gasteiger partial charge in [-0.05, 0) is 57.2 Å². The molecule has 2 aromatic carbocycles. The van der Waals surface area contributed by atoms with Crippen LogP contribution in [0.2, 0.25) is 0 Å². The molecule has 2 rings (SSSR count). The predicted molar refractivity (Wildman–Crippen MR) is 93.1 cm³/mol. The standard InChI is InChI=1S/C19H20N2O2/c1-19(2,3)23-18(22)21-17-9-5-7-15(13-17)11-10-14-6-4-8-16(20)12-14/h4-9,12-13H,20H2,1-3H3,(H,21,22). The van der Waals surface area contributed by atoms with Crippen molar-refractivity contribution in [2.45, 2.75) is 26.4 Å². The Morgan fingerprint density at radius 2 is 1.65 bits per heavy atom. The van der Waals surface area contributed by atoms with Crippen LogP contribution < -0.4 is 11.1 Å². The highest BCUT2D eigenvalue weighted by Gasteiger charge is 2.16. The van der Waals surface area contributed by atoms with Crippen molar-refractivity contribution in [3.05, 3.63) is 59.7 Å². The zero-order valence-electron chi connectivity index (χ0n) is 13.5. The van der Waals surface area contributed by atoms with E-state index in [0.29, 0.717) is 11.4 Å². The molecule has 118 valence electrons. The maximum absolute atomic E-state index is 11.8. The zero-order chi connectivity index (χ0) is 16.9. The average Bonchev–Trinajstić information content (AvgIpc) is 2.43. The number of hydrogen-bond donors (Lipinski definition) is 2. The molecule has 0 atom stereocenters. The van der Waals surface area contributed by atoms with E-state index in [1.54, 1.807) is 12.1 Å². The van der Waals surface area contributed by atoms with Crippen LogP contribution in [0, 0.1) is 11.8 Å². The minimum absolute atomic E-state index is 0.488. The molecule has 4 nitrogen and oxygen atoms in total. The molecule has 0 aliphatic heterocycles. The topological polar surface area (TPSA) is 64.3 Å². The van der Waals surface area contributed by atoms with Crippen molar-refractivity contribution in [2.24, 2.45) is 0 Å². The molecule has 0 spiro atoms. The van der Waals surface area contributed by atoms with Crippen LogP contribution in [-0.2, 0) is 4.74 Å². The Balaban J connectivity index is 2.10. The third-order valence-corrected chi connectivity index (χ3v) is 2.75. The van der Waals surface area contributed by atoms with E-state index in [-0.39, 0.29) is 0 Å². The van der Waals surface area contributed by atoms with E-state index in [9.17, 15) is 4.79 Å².